The maximum atomic E-state index is 13.2. The number of nitrogens with zero attached hydrogens (tertiary/aromatic N) is 3. The van der Waals surface area contributed by atoms with E-state index in [0.29, 0.717) is 19.3 Å². The highest BCUT2D eigenvalue weighted by Gasteiger charge is 2.40. The summed E-state index contributed by atoms with van der Waals surface area (Å²) in [4.78, 5) is 37.1. The van der Waals surface area contributed by atoms with Gasteiger partial charge in [0.05, 0.1) is 73.5 Å². The van der Waals surface area contributed by atoms with Crippen molar-refractivity contribution in [2.24, 2.45) is 0 Å². The highest BCUT2D eigenvalue weighted by molar-refractivity contribution is 5.98. The van der Waals surface area contributed by atoms with Crippen LogP contribution in [0.5, 0.6) is 11.5 Å². The van der Waals surface area contributed by atoms with Gasteiger partial charge in [0.2, 0.25) is 0 Å². The molecule has 2 aromatic rings. The number of nitrogens with two attached hydrogens (primary N) is 1. The number of ether oxygens (including phenoxy) is 4. The monoisotopic (exact) mass is 638 g/mol. The Morgan fingerprint density at radius 2 is 1.16 bits per heavy atom. The lowest BCUT2D eigenvalue weighted by Crippen LogP contribution is -2.41. The zero-order valence-corrected chi connectivity index (χ0v) is 23.4. The normalized spacial score (nSPS) is 15.6. The summed E-state index contributed by atoms with van der Waals surface area (Å²) < 4.78 is 98.7. The van der Waals surface area contributed by atoms with Crippen LogP contribution in [-0.4, -0.2) is 93.4 Å². The average molecular weight is 639 g/mol. The summed E-state index contributed by atoms with van der Waals surface area (Å²) in [5.41, 5.74) is 0.935. The lowest BCUT2D eigenvalue weighted by atomic mass is 10.0. The Morgan fingerprint density at radius 3 is 1.52 bits per heavy atom. The van der Waals surface area contributed by atoms with Crippen molar-refractivity contribution in [1.29, 1.82) is 0 Å². The topological polar surface area (TPSA) is 147 Å². The number of alkyl halides is 6. The number of rotatable bonds is 5. The van der Waals surface area contributed by atoms with Crippen LogP contribution in [0.4, 0.5) is 37.7 Å². The molecule has 44 heavy (non-hydrogen) atoms. The van der Waals surface area contributed by atoms with E-state index in [4.69, 9.17) is 24.7 Å². The second-order valence-corrected chi connectivity index (χ2v) is 9.27. The molecule has 242 valence electrons. The summed E-state index contributed by atoms with van der Waals surface area (Å²) in [7, 11) is 2.36. The maximum Gasteiger partial charge on any atom is 0.417 e. The number of methoxy groups -OCH3 is 2. The van der Waals surface area contributed by atoms with E-state index in [9.17, 15) is 46.0 Å². The van der Waals surface area contributed by atoms with Gasteiger partial charge in [-0.05, 0) is 12.1 Å². The summed E-state index contributed by atoms with van der Waals surface area (Å²) in [6.07, 6.45) is -9.58. The molecule has 0 radical (unpaired) electrons. The van der Waals surface area contributed by atoms with Crippen molar-refractivity contribution in [3.63, 3.8) is 0 Å². The van der Waals surface area contributed by atoms with E-state index in [1.54, 1.807) is 0 Å². The summed E-state index contributed by atoms with van der Waals surface area (Å²) in [5, 5.41) is 10.9. The first-order valence-corrected chi connectivity index (χ1v) is 12.8. The molecule has 2 amide bonds. The van der Waals surface area contributed by atoms with E-state index in [2.05, 4.69) is 0 Å². The number of carbonyl (C=O) groups is 2. The summed E-state index contributed by atoms with van der Waals surface area (Å²) in [6, 6.07) is 2.85. The molecule has 0 aliphatic carbocycles. The minimum absolute atomic E-state index is 0.0413. The van der Waals surface area contributed by atoms with Crippen LogP contribution in [0, 0.1) is 10.1 Å². The van der Waals surface area contributed by atoms with Gasteiger partial charge in [-0.1, -0.05) is 0 Å². The number of hydrogen-bond acceptors (Lipinski definition) is 9. The van der Waals surface area contributed by atoms with E-state index in [-0.39, 0.29) is 50.8 Å². The number of halogens is 6. The zero-order valence-electron chi connectivity index (χ0n) is 23.4. The first kappa shape index (κ1) is 34.2. The second kappa shape index (κ2) is 14.0. The highest BCUT2D eigenvalue weighted by Crippen LogP contribution is 2.40. The number of hydrogen-bond donors (Lipinski definition) is 1. The molecule has 0 unspecified atom stereocenters. The molecule has 0 bridgehead atoms. The number of anilines is 1. The van der Waals surface area contributed by atoms with Crippen molar-refractivity contribution in [3.05, 3.63) is 56.6 Å². The Morgan fingerprint density at radius 1 is 0.773 bits per heavy atom. The summed E-state index contributed by atoms with van der Waals surface area (Å²) in [6.45, 7) is 1.85. The Balaban J connectivity index is 0.000000241. The molecule has 2 heterocycles. The Kier molecular flexibility index (Phi) is 10.9. The molecule has 0 spiro atoms. The minimum atomic E-state index is -4.91. The molecule has 0 saturated carbocycles. The number of nitro benzene ring substituents is 1. The van der Waals surface area contributed by atoms with E-state index < -0.39 is 62.8 Å². The van der Waals surface area contributed by atoms with Crippen molar-refractivity contribution in [3.8, 4) is 11.5 Å². The van der Waals surface area contributed by atoms with Gasteiger partial charge in [-0.15, -0.1) is 0 Å². The van der Waals surface area contributed by atoms with Gasteiger partial charge in [0.1, 0.15) is 5.75 Å². The van der Waals surface area contributed by atoms with Crippen LogP contribution in [0.3, 0.4) is 0 Å². The molecule has 2 fully saturated rings. The number of morpholine rings is 2. The molecular weight excluding hydrogens is 610 g/mol. The Hall–Kier alpha value is -4.32. The average Bonchev–Trinajstić information content (AvgIpc) is 2.99. The van der Waals surface area contributed by atoms with Gasteiger partial charge in [-0.2, -0.15) is 26.3 Å². The number of nitrogen functional groups attached to an aromatic ring is 1. The van der Waals surface area contributed by atoms with E-state index in [1.807, 2.05) is 0 Å². The first-order chi connectivity index (χ1) is 20.6. The predicted octanol–water partition coefficient (Wildman–Crippen LogP) is 3.86. The standard InChI is InChI=1S/C13H13F3N2O5.C13H15F3N2O3/c1-22-11-6-8(12(19)17-2-4-23-5-3-17)9(13(14,15)16)7-10(11)18(20)21;1-20-11-6-8(9(7-10(11)17)13(14,15)16)12(19)18-2-4-21-5-3-18/h6-7H,2-5H2,1H3;6-7H,2-5,17H2,1H3. The number of nitro groups is 1. The van der Waals surface area contributed by atoms with Crippen molar-refractivity contribution in [2.45, 2.75) is 12.4 Å². The van der Waals surface area contributed by atoms with Crippen LogP contribution in [0.15, 0.2) is 24.3 Å². The van der Waals surface area contributed by atoms with Gasteiger partial charge in [0, 0.05) is 38.3 Å². The van der Waals surface area contributed by atoms with Gasteiger partial charge in [0.15, 0.2) is 5.75 Å². The zero-order chi connectivity index (χ0) is 32.8. The van der Waals surface area contributed by atoms with Crippen molar-refractivity contribution in [2.75, 3.05) is 72.6 Å². The Labute approximate surface area is 246 Å². The number of carbonyl (C=O) groups excluding carboxylic acids is 2. The molecule has 18 heteroatoms. The summed E-state index contributed by atoms with van der Waals surface area (Å²) in [5.74, 6) is -1.93. The molecule has 2 aliphatic heterocycles. The van der Waals surface area contributed by atoms with Gasteiger partial charge < -0.3 is 34.5 Å². The third-order valence-electron chi connectivity index (χ3n) is 6.55. The van der Waals surface area contributed by atoms with Crippen molar-refractivity contribution < 1.29 is 59.8 Å². The quantitative estimate of drug-likeness (QED) is 0.223. The third-order valence-corrected chi connectivity index (χ3v) is 6.55. The van der Waals surface area contributed by atoms with E-state index in [1.165, 1.54) is 16.9 Å². The highest BCUT2D eigenvalue weighted by atomic mass is 19.4. The van der Waals surface area contributed by atoms with Gasteiger partial charge in [-0.25, -0.2) is 0 Å². The van der Waals surface area contributed by atoms with E-state index >= 15 is 0 Å². The van der Waals surface area contributed by atoms with Gasteiger partial charge in [0.25, 0.3) is 11.8 Å². The molecule has 12 nitrogen and oxygen atoms in total. The van der Waals surface area contributed by atoms with Crippen LogP contribution in [0.2, 0.25) is 0 Å². The SMILES string of the molecule is COc1cc(C(=O)N2CCOCC2)c(C(F)(F)F)cc1N.COc1cc(C(=O)N2CCOCC2)c(C(F)(F)F)cc1[N+](=O)[O-]. The molecule has 2 saturated heterocycles. The van der Waals surface area contributed by atoms with Crippen LogP contribution in [0.1, 0.15) is 31.8 Å². The molecule has 2 aromatic carbocycles. The fourth-order valence-corrected chi connectivity index (χ4v) is 4.34. The third kappa shape index (κ3) is 7.98. The van der Waals surface area contributed by atoms with Crippen molar-refractivity contribution >= 4 is 23.2 Å². The van der Waals surface area contributed by atoms with E-state index in [0.717, 1.165) is 25.3 Å². The van der Waals surface area contributed by atoms with Crippen LogP contribution >= 0.6 is 0 Å². The smallest absolute Gasteiger partial charge is 0.417 e. The van der Waals surface area contributed by atoms with Crippen LogP contribution < -0.4 is 15.2 Å². The fourth-order valence-electron chi connectivity index (χ4n) is 4.34. The Bertz CT molecular complexity index is 1370. The maximum absolute atomic E-state index is 13.2. The molecule has 2 aliphatic rings. The van der Waals surface area contributed by atoms with Crippen LogP contribution in [0.25, 0.3) is 0 Å². The lowest BCUT2D eigenvalue weighted by Gasteiger charge is -2.28. The number of amides is 2. The van der Waals surface area contributed by atoms with Gasteiger partial charge >= 0.3 is 18.0 Å². The lowest BCUT2D eigenvalue weighted by molar-refractivity contribution is -0.386. The minimum Gasteiger partial charge on any atom is -0.495 e. The van der Waals surface area contributed by atoms with Crippen molar-refractivity contribution in [1.82, 2.24) is 9.80 Å². The molecule has 0 aromatic heterocycles. The molecule has 0 atom stereocenters. The van der Waals surface area contributed by atoms with Gasteiger partial charge in [-0.3, -0.25) is 19.7 Å². The largest absolute Gasteiger partial charge is 0.495 e. The fraction of sp³-hybridized carbons (Fsp3) is 0.462. The number of benzene rings is 2. The molecular formula is C26H28F6N4O8. The predicted molar refractivity (Wildman–Crippen MR) is 141 cm³/mol. The molecule has 4 rings (SSSR count). The summed E-state index contributed by atoms with van der Waals surface area (Å²) >= 11 is 0. The molecule has 2 N–H and O–H groups in total. The first-order valence-electron chi connectivity index (χ1n) is 12.8. The second-order valence-electron chi connectivity index (χ2n) is 9.27. The van der Waals surface area contributed by atoms with Crippen LogP contribution in [-0.2, 0) is 21.8 Å².